The summed E-state index contributed by atoms with van der Waals surface area (Å²) in [4.78, 5) is 38.1. The summed E-state index contributed by atoms with van der Waals surface area (Å²) in [5.74, 6) is -2.49. The van der Waals surface area contributed by atoms with E-state index >= 15 is 0 Å². The van der Waals surface area contributed by atoms with E-state index in [1.54, 1.807) is 26.0 Å². The first-order chi connectivity index (χ1) is 17.6. The highest BCUT2D eigenvalue weighted by atomic mass is 16.6. The first kappa shape index (κ1) is 27.3. The Bertz CT molecular complexity index is 1180. The fraction of sp³-hybridized carbons (Fsp3) is 0.700. The minimum Gasteiger partial charge on any atom is -0.458 e. The van der Waals surface area contributed by atoms with Crippen molar-refractivity contribution in [3.8, 4) is 0 Å². The molecule has 0 spiro atoms. The maximum absolute atomic E-state index is 13.4. The topological polar surface area (TPSA) is 130 Å². The number of hydrogen-bond acceptors (Lipinski definition) is 8. The molecule has 5 rings (SSSR count). The van der Waals surface area contributed by atoms with Crippen molar-refractivity contribution in [3.05, 3.63) is 34.9 Å². The second-order valence-corrected chi connectivity index (χ2v) is 12.8. The highest BCUT2D eigenvalue weighted by Crippen LogP contribution is 2.69. The quantitative estimate of drug-likeness (QED) is 0.377. The lowest BCUT2D eigenvalue weighted by Gasteiger charge is -2.65. The number of hydrogen-bond donors (Lipinski definition) is 3. The Labute approximate surface area is 223 Å². The fourth-order valence-corrected chi connectivity index (χ4v) is 8.67. The van der Waals surface area contributed by atoms with Crippen molar-refractivity contribution in [1.82, 2.24) is 0 Å². The van der Waals surface area contributed by atoms with Crippen LogP contribution in [0, 0.1) is 28.6 Å². The summed E-state index contributed by atoms with van der Waals surface area (Å²) in [7, 11) is 0. The maximum atomic E-state index is 13.4. The third-order valence-electron chi connectivity index (χ3n) is 11.2. The average Bonchev–Trinajstić information content (AvgIpc) is 3.07. The van der Waals surface area contributed by atoms with E-state index in [-0.39, 0.29) is 30.5 Å². The van der Waals surface area contributed by atoms with Crippen LogP contribution in [0.4, 0.5) is 0 Å². The summed E-state index contributed by atoms with van der Waals surface area (Å²) in [6.07, 6.45) is 4.00. The second kappa shape index (κ2) is 8.60. The minimum absolute atomic E-state index is 0.0662. The summed E-state index contributed by atoms with van der Waals surface area (Å²) in [6.45, 7) is 10.6. The molecule has 1 aliphatic heterocycles. The molecule has 38 heavy (non-hydrogen) atoms. The summed E-state index contributed by atoms with van der Waals surface area (Å²) >= 11 is 0. The normalized spacial score (nSPS) is 47.0. The van der Waals surface area contributed by atoms with Crippen molar-refractivity contribution in [1.29, 1.82) is 0 Å². The van der Waals surface area contributed by atoms with Crippen molar-refractivity contribution >= 4 is 17.7 Å². The van der Waals surface area contributed by atoms with Crippen molar-refractivity contribution in [2.45, 2.75) is 103 Å². The van der Waals surface area contributed by atoms with Crippen LogP contribution < -0.4 is 0 Å². The number of ketones is 1. The first-order valence-corrected chi connectivity index (χ1v) is 13.7. The molecular formula is C30H40O8. The molecule has 2 fully saturated rings. The van der Waals surface area contributed by atoms with E-state index in [9.17, 15) is 29.7 Å². The number of aliphatic hydroxyl groups is 3. The molecule has 0 aromatic heterocycles. The number of carbonyl (C=O) groups excluding carboxylic acids is 3. The Kier molecular flexibility index (Phi) is 6.18. The van der Waals surface area contributed by atoms with Gasteiger partial charge in [0.15, 0.2) is 5.78 Å². The van der Waals surface area contributed by atoms with E-state index in [2.05, 4.69) is 0 Å². The van der Waals surface area contributed by atoms with Crippen LogP contribution in [-0.4, -0.2) is 62.6 Å². The number of ether oxygens (including phenoxy) is 2. The molecule has 10 atom stereocenters. The van der Waals surface area contributed by atoms with E-state index in [0.29, 0.717) is 24.8 Å². The van der Waals surface area contributed by atoms with Crippen LogP contribution in [0.1, 0.15) is 73.6 Å². The Morgan fingerprint density at radius 3 is 2.50 bits per heavy atom. The standard InChI is InChI=1S/C30H40O8/c1-15-12-22(38-26(34)16(15)2)17(3)20-14-25(37-18(4)31)30(36)21-13-24(33)29(35)10-7-8-23(32)28(29,6)19(21)9-11-27(20,30)5/h7-8,14,17,19,21-22,24-25,33,35-36H,9-13H2,1-6H3/t17-,19-,21+,22+,24+,25-,27+,28-,29-,30+/m0/s1. The predicted octanol–water partition coefficient (Wildman–Crippen LogP) is 2.94. The monoisotopic (exact) mass is 528 g/mol. The largest absolute Gasteiger partial charge is 0.458 e. The zero-order chi connectivity index (χ0) is 28.0. The molecule has 5 aliphatic rings. The van der Waals surface area contributed by atoms with Crippen LogP contribution >= 0.6 is 0 Å². The lowest BCUT2D eigenvalue weighted by Crippen LogP contribution is -2.74. The SMILES string of the molecule is CC(=O)O[C@H]1C=C([C@H](C)[C@H]2CC(C)=C(C)C(=O)O2)[C@@]2(C)CC[C@H]3[C@@H](C[C@@H](O)[C@@]4(O)CC=CC(=O)[C@]34C)[C@@]12O. The third-order valence-corrected chi connectivity index (χ3v) is 11.2. The Hall–Kier alpha value is -2.29. The van der Waals surface area contributed by atoms with Crippen LogP contribution in [0.5, 0.6) is 0 Å². The zero-order valence-corrected chi connectivity index (χ0v) is 23.1. The second-order valence-electron chi connectivity index (χ2n) is 12.8. The van der Waals surface area contributed by atoms with Gasteiger partial charge in [-0.2, -0.15) is 0 Å². The molecule has 2 saturated carbocycles. The van der Waals surface area contributed by atoms with Gasteiger partial charge in [0.2, 0.25) is 0 Å². The van der Waals surface area contributed by atoms with Crippen LogP contribution in [0.2, 0.25) is 0 Å². The van der Waals surface area contributed by atoms with Gasteiger partial charge in [0.1, 0.15) is 23.4 Å². The molecule has 0 bridgehead atoms. The molecule has 1 heterocycles. The van der Waals surface area contributed by atoms with E-state index in [0.717, 1.165) is 11.1 Å². The van der Waals surface area contributed by atoms with Gasteiger partial charge < -0.3 is 24.8 Å². The van der Waals surface area contributed by atoms with Gasteiger partial charge in [-0.3, -0.25) is 9.59 Å². The number of carbonyl (C=O) groups is 3. The lowest BCUT2D eigenvalue weighted by molar-refractivity contribution is -0.273. The van der Waals surface area contributed by atoms with Gasteiger partial charge in [-0.1, -0.05) is 31.1 Å². The van der Waals surface area contributed by atoms with E-state index in [1.165, 1.54) is 13.0 Å². The van der Waals surface area contributed by atoms with Gasteiger partial charge >= 0.3 is 11.9 Å². The van der Waals surface area contributed by atoms with E-state index in [4.69, 9.17) is 9.47 Å². The number of rotatable bonds is 3. The Morgan fingerprint density at radius 2 is 1.87 bits per heavy atom. The summed E-state index contributed by atoms with van der Waals surface area (Å²) in [5.41, 5.74) is -3.01. The maximum Gasteiger partial charge on any atom is 0.333 e. The molecule has 0 unspecified atom stereocenters. The molecule has 0 aromatic carbocycles. The van der Waals surface area contributed by atoms with Crippen LogP contribution in [0.15, 0.2) is 34.9 Å². The summed E-state index contributed by atoms with van der Waals surface area (Å²) in [5, 5.41) is 35.7. The zero-order valence-electron chi connectivity index (χ0n) is 23.1. The number of cyclic esters (lactones) is 1. The van der Waals surface area contributed by atoms with E-state index in [1.807, 2.05) is 20.8 Å². The van der Waals surface area contributed by atoms with Crippen molar-refractivity contribution < 1.29 is 39.2 Å². The lowest BCUT2D eigenvalue weighted by atomic mass is 9.41. The van der Waals surface area contributed by atoms with Crippen LogP contribution in [0.3, 0.4) is 0 Å². The molecule has 8 heteroatoms. The third kappa shape index (κ3) is 3.29. The molecule has 3 N–H and O–H groups in total. The number of aliphatic hydroxyl groups excluding tert-OH is 1. The molecule has 0 aromatic rings. The molecule has 0 radical (unpaired) electrons. The average molecular weight is 529 g/mol. The highest BCUT2D eigenvalue weighted by Gasteiger charge is 2.74. The Morgan fingerprint density at radius 1 is 1.18 bits per heavy atom. The summed E-state index contributed by atoms with van der Waals surface area (Å²) < 4.78 is 11.6. The molecule has 0 saturated heterocycles. The summed E-state index contributed by atoms with van der Waals surface area (Å²) in [6, 6.07) is 0. The first-order valence-electron chi connectivity index (χ1n) is 13.7. The van der Waals surface area contributed by atoms with Crippen LogP contribution in [-0.2, 0) is 23.9 Å². The molecular weight excluding hydrogens is 488 g/mol. The molecule has 4 aliphatic carbocycles. The number of esters is 2. The Balaban J connectivity index is 1.59. The van der Waals surface area contributed by atoms with Gasteiger partial charge in [-0.15, -0.1) is 0 Å². The van der Waals surface area contributed by atoms with Crippen molar-refractivity contribution in [3.63, 3.8) is 0 Å². The molecule has 208 valence electrons. The fourth-order valence-electron chi connectivity index (χ4n) is 8.67. The highest BCUT2D eigenvalue weighted by molar-refractivity contribution is 5.97. The van der Waals surface area contributed by atoms with Crippen molar-refractivity contribution in [2.75, 3.05) is 0 Å². The molecule has 0 amide bonds. The molecule has 8 nitrogen and oxygen atoms in total. The van der Waals surface area contributed by atoms with Gasteiger partial charge in [-0.25, -0.2) is 4.79 Å². The number of allylic oxidation sites excluding steroid dienone is 1. The van der Waals surface area contributed by atoms with Crippen molar-refractivity contribution in [2.24, 2.45) is 28.6 Å². The van der Waals surface area contributed by atoms with Crippen LogP contribution in [0.25, 0.3) is 0 Å². The smallest absolute Gasteiger partial charge is 0.333 e. The van der Waals surface area contributed by atoms with Gasteiger partial charge in [0.25, 0.3) is 0 Å². The minimum atomic E-state index is -1.64. The van der Waals surface area contributed by atoms with Gasteiger partial charge in [-0.05, 0) is 70.4 Å². The van der Waals surface area contributed by atoms with Gasteiger partial charge in [0.05, 0.1) is 11.5 Å². The van der Waals surface area contributed by atoms with Gasteiger partial charge in [0, 0.05) is 30.3 Å². The number of fused-ring (bicyclic) bond motifs is 5. The van der Waals surface area contributed by atoms with E-state index < -0.39 is 58.1 Å². The predicted molar refractivity (Wildman–Crippen MR) is 137 cm³/mol.